The number of hydrogen-bond acceptors (Lipinski definition) is 1. The maximum absolute atomic E-state index is 8.78. The molecular weight excluding hydrogens is 184 g/mol. The van der Waals surface area contributed by atoms with Crippen molar-refractivity contribution in [2.45, 2.75) is 6.92 Å². The van der Waals surface area contributed by atoms with Crippen LogP contribution in [0.4, 0.5) is 0 Å². The lowest BCUT2D eigenvalue weighted by Crippen LogP contribution is -2.27. The van der Waals surface area contributed by atoms with Crippen molar-refractivity contribution in [3.05, 3.63) is 34.8 Å². The van der Waals surface area contributed by atoms with Crippen LogP contribution in [0.2, 0.25) is 0 Å². The normalized spacial score (nSPS) is 13.4. The van der Waals surface area contributed by atoms with Gasteiger partial charge in [0.25, 0.3) is 0 Å². The van der Waals surface area contributed by atoms with Crippen LogP contribution >= 0.6 is 0 Å². The number of para-hydroxylation sites is 1. The molecule has 15 heavy (non-hydrogen) atoms. The molecule has 1 heterocycles. The molecule has 0 saturated carbocycles. The summed E-state index contributed by atoms with van der Waals surface area (Å²) in [7, 11) is 2.02. The van der Waals surface area contributed by atoms with E-state index >= 15 is 0 Å². The largest absolute Gasteiger partial charge is 0.344 e. The van der Waals surface area contributed by atoms with Crippen molar-refractivity contribution >= 4 is 23.1 Å². The minimum Gasteiger partial charge on any atom is -0.344 e. The molecule has 1 aromatic carbocycles. The van der Waals surface area contributed by atoms with E-state index in [-0.39, 0.29) is 0 Å². The summed E-state index contributed by atoms with van der Waals surface area (Å²) in [6.07, 6.45) is 3.64. The molecule has 74 valence electrons. The Balaban J connectivity index is 3.15. The topological polar surface area (TPSA) is 28.7 Å². The average Bonchev–Trinajstić information content (AvgIpc) is 2.54. The molecule has 0 amide bonds. The SMILES string of the molecule is C/C=c1\c(=C/C#N)c2ccccc2n1C. The van der Waals surface area contributed by atoms with Crippen LogP contribution in [-0.2, 0) is 7.05 Å². The highest BCUT2D eigenvalue weighted by atomic mass is 14.9. The number of fused-ring (bicyclic) bond motifs is 1. The molecule has 0 N–H and O–H groups in total. The van der Waals surface area contributed by atoms with Gasteiger partial charge in [0.05, 0.1) is 6.07 Å². The van der Waals surface area contributed by atoms with Crippen LogP contribution in [-0.4, -0.2) is 4.57 Å². The number of benzene rings is 1. The number of aryl methyl sites for hydroxylation is 1. The van der Waals surface area contributed by atoms with E-state index in [1.807, 2.05) is 38.2 Å². The van der Waals surface area contributed by atoms with Gasteiger partial charge in [0.15, 0.2) is 0 Å². The number of aromatic nitrogens is 1. The van der Waals surface area contributed by atoms with Crippen molar-refractivity contribution < 1.29 is 0 Å². The Morgan fingerprint density at radius 3 is 2.73 bits per heavy atom. The molecule has 2 nitrogen and oxygen atoms in total. The molecule has 0 aliphatic carbocycles. The number of nitrogens with zero attached hydrogens (tertiary/aromatic N) is 2. The van der Waals surface area contributed by atoms with Crippen LogP contribution in [0.25, 0.3) is 23.1 Å². The first-order valence-electron chi connectivity index (χ1n) is 4.89. The summed E-state index contributed by atoms with van der Waals surface area (Å²) >= 11 is 0. The quantitative estimate of drug-likeness (QED) is 0.624. The Labute approximate surface area is 88.4 Å². The Kier molecular flexibility index (Phi) is 2.31. The van der Waals surface area contributed by atoms with Crippen molar-refractivity contribution in [1.29, 1.82) is 5.26 Å². The van der Waals surface area contributed by atoms with Crippen LogP contribution < -0.4 is 10.6 Å². The van der Waals surface area contributed by atoms with Crippen LogP contribution in [0.15, 0.2) is 24.3 Å². The highest BCUT2D eigenvalue weighted by molar-refractivity contribution is 5.82. The highest BCUT2D eigenvalue weighted by Gasteiger charge is 2.01. The van der Waals surface area contributed by atoms with Crippen molar-refractivity contribution in [3.63, 3.8) is 0 Å². The third kappa shape index (κ3) is 1.33. The molecule has 0 spiro atoms. The van der Waals surface area contributed by atoms with Gasteiger partial charge in [-0.15, -0.1) is 0 Å². The molecule has 0 atom stereocenters. The molecule has 0 fully saturated rings. The fourth-order valence-corrected chi connectivity index (χ4v) is 2.01. The monoisotopic (exact) mass is 196 g/mol. The zero-order valence-electron chi connectivity index (χ0n) is 8.86. The van der Waals surface area contributed by atoms with Gasteiger partial charge in [-0.05, 0) is 13.0 Å². The predicted octanol–water partition coefficient (Wildman–Crippen LogP) is 1.28. The van der Waals surface area contributed by atoms with Crippen molar-refractivity contribution in [2.24, 2.45) is 7.05 Å². The first-order chi connectivity index (χ1) is 7.29. The average molecular weight is 196 g/mol. The summed E-state index contributed by atoms with van der Waals surface area (Å²) in [6, 6.07) is 10.2. The van der Waals surface area contributed by atoms with E-state index in [0.717, 1.165) is 21.5 Å². The first-order valence-corrected chi connectivity index (χ1v) is 4.89. The second-order valence-electron chi connectivity index (χ2n) is 3.44. The summed E-state index contributed by atoms with van der Waals surface area (Å²) in [5.41, 5.74) is 1.16. The third-order valence-corrected chi connectivity index (χ3v) is 2.68. The van der Waals surface area contributed by atoms with Gasteiger partial charge in [0.2, 0.25) is 0 Å². The summed E-state index contributed by atoms with van der Waals surface area (Å²) in [5.74, 6) is 0. The Hall–Kier alpha value is -2.01. The molecule has 0 bridgehead atoms. The molecule has 0 aliphatic heterocycles. The van der Waals surface area contributed by atoms with Gasteiger partial charge in [0, 0.05) is 34.6 Å². The molecule has 0 saturated heterocycles. The first kappa shape index (κ1) is 9.54. The number of hydrogen-bond donors (Lipinski definition) is 0. The second kappa shape index (κ2) is 3.62. The van der Waals surface area contributed by atoms with Crippen LogP contribution in [0.3, 0.4) is 0 Å². The molecule has 0 aliphatic rings. The number of nitriles is 1. The Morgan fingerprint density at radius 1 is 1.33 bits per heavy atom. The zero-order valence-corrected chi connectivity index (χ0v) is 8.86. The fraction of sp³-hybridized carbons (Fsp3) is 0.154. The third-order valence-electron chi connectivity index (χ3n) is 2.68. The molecular formula is C13H12N2. The van der Waals surface area contributed by atoms with Crippen molar-refractivity contribution in [2.75, 3.05) is 0 Å². The van der Waals surface area contributed by atoms with Crippen LogP contribution in [0.1, 0.15) is 6.92 Å². The van der Waals surface area contributed by atoms with E-state index in [1.165, 1.54) is 0 Å². The van der Waals surface area contributed by atoms with E-state index in [9.17, 15) is 0 Å². The lowest BCUT2D eigenvalue weighted by Gasteiger charge is -1.94. The van der Waals surface area contributed by atoms with Gasteiger partial charge >= 0.3 is 0 Å². The fourth-order valence-electron chi connectivity index (χ4n) is 2.01. The van der Waals surface area contributed by atoms with Gasteiger partial charge in [0.1, 0.15) is 0 Å². The molecule has 2 aromatic rings. The zero-order chi connectivity index (χ0) is 10.8. The molecule has 0 unspecified atom stereocenters. The van der Waals surface area contributed by atoms with E-state index in [0.29, 0.717) is 0 Å². The Morgan fingerprint density at radius 2 is 2.07 bits per heavy atom. The van der Waals surface area contributed by atoms with E-state index < -0.39 is 0 Å². The minimum absolute atomic E-state index is 1.01. The molecule has 0 radical (unpaired) electrons. The van der Waals surface area contributed by atoms with Crippen molar-refractivity contribution in [1.82, 2.24) is 4.57 Å². The predicted molar refractivity (Wildman–Crippen MR) is 62.4 cm³/mol. The maximum Gasteiger partial charge on any atom is 0.0919 e. The second-order valence-corrected chi connectivity index (χ2v) is 3.44. The maximum atomic E-state index is 8.78. The van der Waals surface area contributed by atoms with Gasteiger partial charge < -0.3 is 4.57 Å². The minimum atomic E-state index is 1.01. The lowest BCUT2D eigenvalue weighted by molar-refractivity contribution is 0.924. The lowest BCUT2D eigenvalue weighted by atomic mass is 10.2. The van der Waals surface area contributed by atoms with E-state index in [2.05, 4.69) is 16.7 Å². The van der Waals surface area contributed by atoms with Crippen molar-refractivity contribution in [3.8, 4) is 6.07 Å². The number of rotatable bonds is 0. The van der Waals surface area contributed by atoms with Gasteiger partial charge in [-0.1, -0.05) is 24.3 Å². The molecule has 1 aromatic heterocycles. The summed E-state index contributed by atoms with van der Waals surface area (Å²) in [6.45, 7) is 1.99. The highest BCUT2D eigenvalue weighted by Crippen LogP contribution is 2.06. The van der Waals surface area contributed by atoms with E-state index in [1.54, 1.807) is 6.08 Å². The molecule has 2 rings (SSSR count). The smallest absolute Gasteiger partial charge is 0.0919 e. The van der Waals surface area contributed by atoms with Crippen LogP contribution in [0.5, 0.6) is 0 Å². The summed E-state index contributed by atoms with van der Waals surface area (Å²) in [4.78, 5) is 0. The van der Waals surface area contributed by atoms with Gasteiger partial charge in [-0.2, -0.15) is 5.26 Å². The summed E-state index contributed by atoms with van der Waals surface area (Å²) in [5, 5.41) is 12.0. The molecule has 2 heteroatoms. The van der Waals surface area contributed by atoms with Gasteiger partial charge in [-0.25, -0.2) is 0 Å². The Bertz CT molecular complexity index is 654. The van der Waals surface area contributed by atoms with Crippen LogP contribution in [0, 0.1) is 11.3 Å². The van der Waals surface area contributed by atoms with E-state index in [4.69, 9.17) is 5.26 Å². The van der Waals surface area contributed by atoms with Gasteiger partial charge in [-0.3, -0.25) is 0 Å². The summed E-state index contributed by atoms with van der Waals surface area (Å²) < 4.78 is 2.11. The standard InChI is InChI=1S/C13H12N2/c1-3-12-11(8-9-14)10-6-4-5-7-13(10)15(12)2/h3-8H,1-2H3/b11-8-,12-3+.